The molecular formula is C25H26N4O4. The van der Waals surface area contributed by atoms with Crippen molar-refractivity contribution in [1.29, 1.82) is 0 Å². The number of methoxy groups -OCH3 is 2. The summed E-state index contributed by atoms with van der Waals surface area (Å²) in [5.41, 5.74) is 2.95. The maximum Gasteiger partial charge on any atom is 0.337 e. The van der Waals surface area contributed by atoms with Crippen LogP contribution in [0.1, 0.15) is 23.2 Å². The summed E-state index contributed by atoms with van der Waals surface area (Å²) in [5, 5.41) is 2.94. The highest BCUT2D eigenvalue weighted by atomic mass is 16.5. The minimum absolute atomic E-state index is 0.0120. The molecule has 0 bridgehead atoms. The van der Waals surface area contributed by atoms with E-state index in [0.717, 1.165) is 48.8 Å². The van der Waals surface area contributed by atoms with Crippen LogP contribution in [0.2, 0.25) is 0 Å². The number of ether oxygens (including phenoxy) is 2. The first-order chi connectivity index (χ1) is 16.1. The van der Waals surface area contributed by atoms with Crippen molar-refractivity contribution in [2.75, 3.05) is 37.5 Å². The number of carbonyl (C=O) groups excluding carboxylic acids is 2. The number of aromatic nitrogens is 2. The van der Waals surface area contributed by atoms with Crippen LogP contribution < -0.4 is 15.0 Å². The molecule has 3 aromatic rings. The lowest BCUT2D eigenvalue weighted by atomic mass is 9.95. The number of anilines is 2. The van der Waals surface area contributed by atoms with Gasteiger partial charge in [-0.15, -0.1) is 0 Å². The van der Waals surface area contributed by atoms with Gasteiger partial charge in [-0.2, -0.15) is 0 Å². The third-order valence-electron chi connectivity index (χ3n) is 5.80. The molecule has 1 aliphatic heterocycles. The van der Waals surface area contributed by atoms with Gasteiger partial charge in [0.05, 0.1) is 25.5 Å². The number of benzene rings is 2. The monoisotopic (exact) mass is 446 g/mol. The molecule has 0 atom stereocenters. The molecule has 1 aromatic heterocycles. The van der Waals surface area contributed by atoms with Gasteiger partial charge in [-0.3, -0.25) is 4.79 Å². The first-order valence-corrected chi connectivity index (χ1v) is 10.8. The summed E-state index contributed by atoms with van der Waals surface area (Å²) in [6.07, 6.45) is 3.04. The van der Waals surface area contributed by atoms with Gasteiger partial charge in [0.15, 0.2) is 0 Å². The lowest BCUT2D eigenvalue weighted by Crippen LogP contribution is -2.38. The topological polar surface area (TPSA) is 93.7 Å². The van der Waals surface area contributed by atoms with Crippen LogP contribution in [0.15, 0.2) is 60.9 Å². The minimum atomic E-state index is -0.403. The molecule has 33 heavy (non-hydrogen) atoms. The van der Waals surface area contributed by atoms with Crippen LogP contribution in [0.4, 0.5) is 11.5 Å². The predicted molar refractivity (Wildman–Crippen MR) is 125 cm³/mol. The largest absolute Gasteiger partial charge is 0.497 e. The Morgan fingerprint density at radius 3 is 2.30 bits per heavy atom. The van der Waals surface area contributed by atoms with E-state index in [2.05, 4.69) is 20.2 Å². The van der Waals surface area contributed by atoms with E-state index in [-0.39, 0.29) is 11.8 Å². The summed E-state index contributed by atoms with van der Waals surface area (Å²) < 4.78 is 9.91. The van der Waals surface area contributed by atoms with Crippen molar-refractivity contribution >= 4 is 23.4 Å². The first-order valence-electron chi connectivity index (χ1n) is 10.8. The van der Waals surface area contributed by atoms with E-state index in [0.29, 0.717) is 11.3 Å². The van der Waals surface area contributed by atoms with Gasteiger partial charge in [0.1, 0.15) is 17.9 Å². The number of rotatable bonds is 6. The lowest BCUT2D eigenvalue weighted by molar-refractivity contribution is -0.120. The molecule has 1 aliphatic rings. The van der Waals surface area contributed by atoms with Gasteiger partial charge in [0.2, 0.25) is 5.91 Å². The Morgan fingerprint density at radius 2 is 1.67 bits per heavy atom. The van der Waals surface area contributed by atoms with Crippen molar-refractivity contribution in [3.8, 4) is 17.0 Å². The number of amides is 1. The van der Waals surface area contributed by atoms with Crippen LogP contribution in [0.5, 0.6) is 5.75 Å². The molecule has 0 saturated carbocycles. The van der Waals surface area contributed by atoms with E-state index in [1.54, 1.807) is 37.7 Å². The van der Waals surface area contributed by atoms with Crippen molar-refractivity contribution in [1.82, 2.24) is 9.97 Å². The molecule has 2 aromatic carbocycles. The number of carbonyl (C=O) groups is 2. The molecule has 8 heteroatoms. The Kier molecular flexibility index (Phi) is 6.83. The summed E-state index contributed by atoms with van der Waals surface area (Å²) in [6.45, 7) is 1.47. The zero-order valence-corrected chi connectivity index (χ0v) is 18.7. The summed E-state index contributed by atoms with van der Waals surface area (Å²) in [5.74, 6) is 1.16. The van der Waals surface area contributed by atoms with E-state index in [9.17, 15) is 9.59 Å². The first kappa shape index (κ1) is 22.3. The Hall–Kier alpha value is -3.94. The standard InChI is InChI=1S/C25H26N4O4/c1-32-21-9-5-17(6-10-21)22-15-23(27-16-26-22)29-13-11-18(12-14-29)24(30)28-20-7-3-19(4-8-20)25(31)33-2/h3-10,15-16,18H,11-14H2,1-2H3,(H,28,30). The Bertz CT molecular complexity index is 1110. The maximum atomic E-state index is 12.7. The Balaban J connectivity index is 1.34. The summed E-state index contributed by atoms with van der Waals surface area (Å²) in [7, 11) is 2.98. The molecular weight excluding hydrogens is 420 g/mol. The third-order valence-corrected chi connectivity index (χ3v) is 5.80. The van der Waals surface area contributed by atoms with Crippen LogP contribution in [0.3, 0.4) is 0 Å². The molecule has 1 saturated heterocycles. The quantitative estimate of drug-likeness (QED) is 0.576. The SMILES string of the molecule is COC(=O)c1ccc(NC(=O)C2CCN(c3cc(-c4ccc(OC)cc4)ncn3)CC2)cc1. The van der Waals surface area contributed by atoms with E-state index in [4.69, 9.17) is 9.47 Å². The van der Waals surface area contributed by atoms with Gasteiger partial charge in [0, 0.05) is 36.3 Å². The number of nitrogens with one attached hydrogen (secondary N) is 1. The fourth-order valence-electron chi connectivity index (χ4n) is 3.86. The maximum absolute atomic E-state index is 12.7. The van der Waals surface area contributed by atoms with Crippen LogP contribution >= 0.6 is 0 Å². The number of esters is 1. The summed E-state index contributed by atoms with van der Waals surface area (Å²) in [4.78, 5) is 35.3. The molecule has 2 heterocycles. The second kappa shape index (κ2) is 10.1. The highest BCUT2D eigenvalue weighted by molar-refractivity contribution is 5.94. The highest BCUT2D eigenvalue weighted by Gasteiger charge is 2.26. The van der Waals surface area contributed by atoms with Crippen molar-refractivity contribution in [3.05, 3.63) is 66.5 Å². The molecule has 0 aliphatic carbocycles. The molecule has 8 nitrogen and oxygen atoms in total. The van der Waals surface area contributed by atoms with Crippen molar-refractivity contribution in [2.45, 2.75) is 12.8 Å². The van der Waals surface area contributed by atoms with Crippen molar-refractivity contribution in [3.63, 3.8) is 0 Å². The van der Waals surface area contributed by atoms with Crippen LogP contribution in [0, 0.1) is 5.92 Å². The number of hydrogen-bond donors (Lipinski definition) is 1. The predicted octanol–water partition coefficient (Wildman–Crippen LogP) is 3.79. The van der Waals surface area contributed by atoms with Gasteiger partial charge < -0.3 is 19.7 Å². The van der Waals surface area contributed by atoms with Crippen molar-refractivity contribution in [2.24, 2.45) is 5.92 Å². The summed E-state index contributed by atoms with van der Waals surface area (Å²) in [6, 6.07) is 16.4. The van der Waals surface area contributed by atoms with Gasteiger partial charge in [-0.05, 0) is 61.4 Å². The molecule has 1 N–H and O–H groups in total. The molecule has 1 fully saturated rings. The van der Waals surface area contributed by atoms with Crippen LogP contribution in [0.25, 0.3) is 11.3 Å². The second-order valence-corrected chi connectivity index (χ2v) is 7.81. The van der Waals surface area contributed by atoms with Crippen molar-refractivity contribution < 1.29 is 19.1 Å². The normalized spacial score (nSPS) is 13.9. The van der Waals surface area contributed by atoms with Crippen LogP contribution in [-0.2, 0) is 9.53 Å². The fourth-order valence-corrected chi connectivity index (χ4v) is 3.86. The number of piperidine rings is 1. The Morgan fingerprint density at radius 1 is 0.970 bits per heavy atom. The van der Waals surface area contributed by atoms with E-state index in [1.165, 1.54) is 7.11 Å². The van der Waals surface area contributed by atoms with E-state index >= 15 is 0 Å². The van der Waals surface area contributed by atoms with E-state index < -0.39 is 5.97 Å². The van der Waals surface area contributed by atoms with Crippen LogP contribution in [-0.4, -0.2) is 49.2 Å². The molecule has 0 spiro atoms. The zero-order valence-electron chi connectivity index (χ0n) is 18.7. The average Bonchev–Trinajstić information content (AvgIpc) is 2.89. The van der Waals surface area contributed by atoms with Gasteiger partial charge in [0.25, 0.3) is 0 Å². The van der Waals surface area contributed by atoms with Gasteiger partial charge in [-0.1, -0.05) is 0 Å². The molecule has 170 valence electrons. The molecule has 4 rings (SSSR count). The second-order valence-electron chi connectivity index (χ2n) is 7.81. The molecule has 0 radical (unpaired) electrons. The lowest BCUT2D eigenvalue weighted by Gasteiger charge is -2.32. The van der Waals surface area contributed by atoms with Gasteiger partial charge >= 0.3 is 5.97 Å². The smallest absolute Gasteiger partial charge is 0.337 e. The van der Waals surface area contributed by atoms with Gasteiger partial charge in [-0.25, -0.2) is 14.8 Å². The number of hydrogen-bond acceptors (Lipinski definition) is 7. The van der Waals surface area contributed by atoms with E-state index in [1.807, 2.05) is 30.3 Å². The fraction of sp³-hybridized carbons (Fsp3) is 0.280. The third kappa shape index (κ3) is 5.28. The Labute approximate surface area is 192 Å². The average molecular weight is 447 g/mol. The molecule has 1 amide bonds. The highest BCUT2D eigenvalue weighted by Crippen LogP contribution is 2.27. The zero-order chi connectivity index (χ0) is 23.2. The minimum Gasteiger partial charge on any atom is -0.497 e. The summed E-state index contributed by atoms with van der Waals surface area (Å²) >= 11 is 0. The molecule has 0 unspecified atom stereocenters. The number of nitrogens with zero attached hydrogens (tertiary/aromatic N) is 3.